The summed E-state index contributed by atoms with van der Waals surface area (Å²) in [4.78, 5) is 14.8. The van der Waals surface area contributed by atoms with Crippen LogP contribution in [0.25, 0.3) is 22.2 Å². The number of benzene rings is 2. The second-order valence-corrected chi connectivity index (χ2v) is 4.34. The number of carbonyl (C=O) groups is 1. The number of hydrogen-bond donors (Lipinski definition) is 1. The van der Waals surface area contributed by atoms with Gasteiger partial charge >= 0.3 is 5.97 Å². The van der Waals surface area contributed by atoms with Crippen molar-refractivity contribution in [3.8, 4) is 11.3 Å². The van der Waals surface area contributed by atoms with Crippen LogP contribution >= 0.6 is 0 Å². The van der Waals surface area contributed by atoms with Gasteiger partial charge in [-0.15, -0.1) is 0 Å². The summed E-state index contributed by atoms with van der Waals surface area (Å²) in [6.45, 7) is 0. The van der Waals surface area contributed by atoms with Crippen LogP contribution in [0, 0.1) is 0 Å². The first-order valence-electron chi connectivity index (χ1n) is 6.04. The number of hydrogen-bond acceptors (Lipinski definition) is 2. The van der Waals surface area contributed by atoms with Crippen molar-refractivity contribution in [2.75, 3.05) is 7.11 Å². The van der Waals surface area contributed by atoms with E-state index in [9.17, 15) is 4.79 Å². The van der Waals surface area contributed by atoms with E-state index in [1.165, 1.54) is 7.11 Å². The molecule has 1 aromatic heterocycles. The second-order valence-electron chi connectivity index (χ2n) is 4.34. The van der Waals surface area contributed by atoms with Crippen LogP contribution in [0.15, 0.2) is 54.6 Å². The Hall–Kier alpha value is -2.55. The third-order valence-corrected chi connectivity index (χ3v) is 3.13. The van der Waals surface area contributed by atoms with Crippen LogP contribution in [-0.2, 0) is 4.74 Å². The van der Waals surface area contributed by atoms with Gasteiger partial charge in [0, 0.05) is 16.6 Å². The molecule has 0 spiro atoms. The number of carbonyl (C=O) groups excluding carboxylic acids is 1. The van der Waals surface area contributed by atoms with Gasteiger partial charge in [0.2, 0.25) is 0 Å². The summed E-state index contributed by atoms with van der Waals surface area (Å²) in [7, 11) is 1.39. The Morgan fingerprint density at radius 3 is 2.58 bits per heavy atom. The molecule has 0 radical (unpaired) electrons. The van der Waals surface area contributed by atoms with Crippen molar-refractivity contribution in [1.29, 1.82) is 0 Å². The summed E-state index contributed by atoms with van der Waals surface area (Å²) in [6, 6.07) is 17.7. The summed E-state index contributed by atoms with van der Waals surface area (Å²) in [6.07, 6.45) is 0. The Bertz CT molecular complexity index is 729. The predicted octanol–water partition coefficient (Wildman–Crippen LogP) is 3.62. The molecule has 0 atom stereocenters. The smallest absolute Gasteiger partial charge is 0.337 e. The van der Waals surface area contributed by atoms with E-state index < -0.39 is 0 Å². The zero-order valence-electron chi connectivity index (χ0n) is 10.5. The number of aromatic nitrogens is 1. The zero-order valence-corrected chi connectivity index (χ0v) is 10.5. The van der Waals surface area contributed by atoms with E-state index in [1.807, 2.05) is 42.5 Å². The Morgan fingerprint density at radius 2 is 1.84 bits per heavy atom. The SMILES string of the molecule is COC(=O)c1ccc2cc(-c3ccccc3)[nH]c2c1. The molecule has 3 nitrogen and oxygen atoms in total. The number of ether oxygens (including phenoxy) is 1. The number of rotatable bonds is 2. The first kappa shape index (κ1) is 11.5. The lowest BCUT2D eigenvalue weighted by molar-refractivity contribution is 0.0601. The molecule has 3 aromatic rings. The third kappa shape index (κ3) is 2.10. The van der Waals surface area contributed by atoms with E-state index in [0.29, 0.717) is 5.56 Å². The number of methoxy groups -OCH3 is 1. The van der Waals surface area contributed by atoms with Crippen molar-refractivity contribution in [3.63, 3.8) is 0 Å². The molecule has 0 bridgehead atoms. The van der Waals surface area contributed by atoms with Crippen molar-refractivity contribution in [2.45, 2.75) is 0 Å². The lowest BCUT2D eigenvalue weighted by Crippen LogP contribution is -2.00. The molecule has 0 amide bonds. The number of nitrogens with one attached hydrogen (secondary N) is 1. The molecule has 0 saturated carbocycles. The molecule has 1 heterocycles. The molecule has 1 N–H and O–H groups in total. The number of esters is 1. The van der Waals surface area contributed by atoms with Gasteiger partial charge in [-0.3, -0.25) is 0 Å². The van der Waals surface area contributed by atoms with Crippen LogP contribution in [0.2, 0.25) is 0 Å². The van der Waals surface area contributed by atoms with Crippen molar-refractivity contribution in [2.24, 2.45) is 0 Å². The van der Waals surface area contributed by atoms with E-state index in [1.54, 1.807) is 6.07 Å². The van der Waals surface area contributed by atoms with E-state index in [2.05, 4.69) is 11.1 Å². The minimum absolute atomic E-state index is 0.322. The van der Waals surface area contributed by atoms with Gasteiger partial charge in [-0.05, 0) is 23.8 Å². The van der Waals surface area contributed by atoms with Crippen molar-refractivity contribution in [1.82, 2.24) is 4.98 Å². The van der Waals surface area contributed by atoms with Crippen molar-refractivity contribution < 1.29 is 9.53 Å². The van der Waals surface area contributed by atoms with Gasteiger partial charge in [0.15, 0.2) is 0 Å². The average Bonchev–Trinajstić information content (AvgIpc) is 2.90. The summed E-state index contributed by atoms with van der Waals surface area (Å²) in [5.41, 5.74) is 3.65. The zero-order chi connectivity index (χ0) is 13.2. The Balaban J connectivity index is 2.09. The molecule has 19 heavy (non-hydrogen) atoms. The number of H-pyrrole nitrogens is 1. The van der Waals surface area contributed by atoms with Gasteiger partial charge in [-0.2, -0.15) is 0 Å². The minimum atomic E-state index is -0.322. The molecule has 3 rings (SSSR count). The fourth-order valence-electron chi connectivity index (χ4n) is 2.15. The van der Waals surface area contributed by atoms with Crippen LogP contribution in [0.3, 0.4) is 0 Å². The second kappa shape index (κ2) is 4.61. The number of fused-ring (bicyclic) bond motifs is 1. The van der Waals surface area contributed by atoms with Crippen LogP contribution in [0.4, 0.5) is 0 Å². The van der Waals surface area contributed by atoms with E-state index in [4.69, 9.17) is 4.74 Å². The normalized spacial score (nSPS) is 10.6. The quantitative estimate of drug-likeness (QED) is 0.707. The highest BCUT2D eigenvalue weighted by atomic mass is 16.5. The van der Waals surface area contributed by atoms with Gasteiger partial charge in [-0.25, -0.2) is 4.79 Å². The molecular formula is C16H13NO2. The molecule has 0 fully saturated rings. The third-order valence-electron chi connectivity index (χ3n) is 3.13. The average molecular weight is 251 g/mol. The van der Waals surface area contributed by atoms with Gasteiger partial charge in [0.05, 0.1) is 12.7 Å². The van der Waals surface area contributed by atoms with Gasteiger partial charge in [0.1, 0.15) is 0 Å². The molecule has 0 aliphatic carbocycles. The summed E-state index contributed by atoms with van der Waals surface area (Å²) < 4.78 is 4.72. The molecule has 0 saturated heterocycles. The molecule has 0 aliphatic rings. The van der Waals surface area contributed by atoms with E-state index in [0.717, 1.165) is 22.2 Å². The largest absolute Gasteiger partial charge is 0.465 e. The predicted molar refractivity (Wildman–Crippen MR) is 75.1 cm³/mol. The molecule has 0 unspecified atom stereocenters. The molecule has 3 heteroatoms. The maximum absolute atomic E-state index is 11.5. The first-order valence-corrected chi connectivity index (χ1v) is 6.04. The van der Waals surface area contributed by atoms with Crippen LogP contribution in [-0.4, -0.2) is 18.1 Å². The highest BCUT2D eigenvalue weighted by Gasteiger charge is 2.08. The Kier molecular flexibility index (Phi) is 2.80. The highest BCUT2D eigenvalue weighted by molar-refractivity contribution is 5.95. The van der Waals surface area contributed by atoms with Gasteiger partial charge in [-0.1, -0.05) is 36.4 Å². The van der Waals surface area contributed by atoms with Crippen LogP contribution in [0.1, 0.15) is 10.4 Å². The molecule has 2 aromatic carbocycles. The number of aromatic amines is 1. The molecule has 94 valence electrons. The van der Waals surface area contributed by atoms with Crippen LogP contribution < -0.4 is 0 Å². The van der Waals surface area contributed by atoms with E-state index in [-0.39, 0.29) is 5.97 Å². The molecule has 0 aliphatic heterocycles. The van der Waals surface area contributed by atoms with Crippen molar-refractivity contribution in [3.05, 3.63) is 60.2 Å². The first-order chi connectivity index (χ1) is 9.28. The summed E-state index contributed by atoms with van der Waals surface area (Å²) in [5, 5.41) is 1.08. The summed E-state index contributed by atoms with van der Waals surface area (Å²) >= 11 is 0. The van der Waals surface area contributed by atoms with Gasteiger partial charge < -0.3 is 9.72 Å². The lowest BCUT2D eigenvalue weighted by atomic mass is 10.1. The van der Waals surface area contributed by atoms with Gasteiger partial charge in [0.25, 0.3) is 0 Å². The minimum Gasteiger partial charge on any atom is -0.465 e. The Labute approximate surface area is 110 Å². The fourth-order valence-corrected chi connectivity index (χ4v) is 2.15. The maximum atomic E-state index is 11.5. The van der Waals surface area contributed by atoms with E-state index >= 15 is 0 Å². The highest BCUT2D eigenvalue weighted by Crippen LogP contribution is 2.24. The topological polar surface area (TPSA) is 42.1 Å². The molecular weight excluding hydrogens is 238 g/mol. The van der Waals surface area contributed by atoms with Crippen molar-refractivity contribution >= 4 is 16.9 Å². The van der Waals surface area contributed by atoms with Crippen LogP contribution in [0.5, 0.6) is 0 Å². The lowest BCUT2D eigenvalue weighted by Gasteiger charge is -1.98. The summed E-state index contributed by atoms with van der Waals surface area (Å²) in [5.74, 6) is -0.322. The Morgan fingerprint density at radius 1 is 1.05 bits per heavy atom. The standard InChI is InChI=1S/C16H13NO2/c1-19-16(18)13-8-7-12-9-14(17-15(12)10-13)11-5-3-2-4-6-11/h2-10,17H,1H3. The monoisotopic (exact) mass is 251 g/mol. The maximum Gasteiger partial charge on any atom is 0.337 e. The fraction of sp³-hybridized carbons (Fsp3) is 0.0625.